The summed E-state index contributed by atoms with van der Waals surface area (Å²) < 4.78 is 20.1. The lowest BCUT2D eigenvalue weighted by Gasteiger charge is -2.32. The molecular formula is C21H27FO2Si. The van der Waals surface area contributed by atoms with Crippen LogP contribution in [0.3, 0.4) is 0 Å². The molecule has 0 saturated heterocycles. The van der Waals surface area contributed by atoms with Gasteiger partial charge in [0.1, 0.15) is 11.6 Å². The normalized spacial score (nSPS) is 12.7. The average Bonchev–Trinajstić information content (AvgIpc) is 2.67. The Morgan fingerprint density at radius 2 is 1.44 bits per heavy atom. The highest BCUT2D eigenvalue weighted by Crippen LogP contribution is 2.34. The lowest BCUT2D eigenvalue weighted by Crippen LogP contribution is -2.35. The summed E-state index contributed by atoms with van der Waals surface area (Å²) in [4.78, 5) is 0. The van der Waals surface area contributed by atoms with E-state index in [9.17, 15) is 9.50 Å². The monoisotopic (exact) mass is 358 g/mol. The minimum absolute atomic E-state index is 0.127. The van der Waals surface area contributed by atoms with Crippen LogP contribution < -0.4 is 0 Å². The van der Waals surface area contributed by atoms with Crippen LogP contribution in [0, 0.1) is 5.82 Å². The fourth-order valence-corrected chi connectivity index (χ4v) is 5.62. The fraction of sp³-hybridized carbons (Fsp3) is 0.333. The van der Waals surface area contributed by atoms with Crippen molar-refractivity contribution in [2.24, 2.45) is 0 Å². The van der Waals surface area contributed by atoms with Crippen molar-refractivity contribution in [3.63, 3.8) is 0 Å². The number of benzene rings is 2. The molecule has 2 rings (SSSR count). The third-order valence-corrected chi connectivity index (χ3v) is 9.42. The second-order valence-electron chi connectivity index (χ2n) is 6.18. The Morgan fingerprint density at radius 1 is 0.880 bits per heavy atom. The summed E-state index contributed by atoms with van der Waals surface area (Å²) in [7, 11) is -1.95. The molecule has 1 N–H and O–H groups in total. The van der Waals surface area contributed by atoms with Gasteiger partial charge >= 0.3 is 0 Å². The van der Waals surface area contributed by atoms with Crippen molar-refractivity contribution in [1.29, 1.82) is 0 Å². The van der Waals surface area contributed by atoms with Gasteiger partial charge in [0.15, 0.2) is 0 Å². The van der Waals surface area contributed by atoms with Crippen molar-refractivity contribution < 1.29 is 13.9 Å². The van der Waals surface area contributed by atoms with E-state index in [4.69, 9.17) is 4.43 Å². The van der Waals surface area contributed by atoms with E-state index in [2.05, 4.69) is 20.8 Å². The van der Waals surface area contributed by atoms with Gasteiger partial charge in [0.2, 0.25) is 0 Å². The lowest BCUT2D eigenvalue weighted by atomic mass is 10.0. The second kappa shape index (κ2) is 8.97. The number of halogens is 1. The van der Waals surface area contributed by atoms with Crippen LogP contribution in [-0.4, -0.2) is 20.0 Å². The largest absolute Gasteiger partial charge is 0.543 e. The lowest BCUT2D eigenvalue weighted by molar-refractivity contribution is 0.347. The average molecular weight is 359 g/mol. The van der Waals surface area contributed by atoms with Crippen molar-refractivity contribution in [2.75, 3.05) is 6.61 Å². The molecule has 0 spiro atoms. The van der Waals surface area contributed by atoms with Gasteiger partial charge in [0.25, 0.3) is 8.32 Å². The van der Waals surface area contributed by atoms with Crippen LogP contribution in [0.25, 0.3) is 11.3 Å². The molecule has 0 amide bonds. The van der Waals surface area contributed by atoms with E-state index in [0.29, 0.717) is 5.76 Å². The molecule has 0 aromatic heterocycles. The van der Waals surface area contributed by atoms with Crippen molar-refractivity contribution in [3.05, 3.63) is 71.5 Å². The SMILES string of the molecule is CC[Si](CC)(CC)O/C(=C(/CO)c1ccccc1)c1ccc(F)cc1. The maximum atomic E-state index is 13.4. The zero-order valence-electron chi connectivity index (χ0n) is 15.3. The predicted molar refractivity (Wildman–Crippen MR) is 105 cm³/mol. The highest BCUT2D eigenvalue weighted by atomic mass is 28.4. The third-order valence-electron chi connectivity index (χ3n) is 4.91. The molecular weight excluding hydrogens is 331 g/mol. The highest BCUT2D eigenvalue weighted by molar-refractivity contribution is 6.74. The zero-order valence-corrected chi connectivity index (χ0v) is 16.3. The van der Waals surface area contributed by atoms with Crippen LogP contribution in [0.2, 0.25) is 18.1 Å². The molecule has 0 saturated carbocycles. The fourth-order valence-electron chi connectivity index (χ4n) is 3.01. The Bertz CT molecular complexity index is 683. The molecule has 0 fully saturated rings. The van der Waals surface area contributed by atoms with Crippen LogP contribution in [0.1, 0.15) is 31.9 Å². The predicted octanol–water partition coefficient (Wildman–Crippen LogP) is 5.71. The summed E-state index contributed by atoms with van der Waals surface area (Å²) in [5.41, 5.74) is 2.48. The molecule has 25 heavy (non-hydrogen) atoms. The van der Waals surface area contributed by atoms with Crippen LogP contribution in [0.4, 0.5) is 4.39 Å². The van der Waals surface area contributed by atoms with Gasteiger partial charge < -0.3 is 9.53 Å². The van der Waals surface area contributed by atoms with Gasteiger partial charge in [-0.3, -0.25) is 0 Å². The first-order valence-electron chi connectivity index (χ1n) is 8.93. The first kappa shape index (κ1) is 19.4. The van der Waals surface area contributed by atoms with E-state index in [0.717, 1.165) is 34.8 Å². The number of hydrogen-bond donors (Lipinski definition) is 1. The Balaban J connectivity index is 2.62. The number of aliphatic hydroxyl groups is 1. The molecule has 0 heterocycles. The second-order valence-corrected chi connectivity index (χ2v) is 10.9. The molecule has 134 valence electrons. The molecule has 4 heteroatoms. The van der Waals surface area contributed by atoms with Crippen LogP contribution >= 0.6 is 0 Å². The van der Waals surface area contributed by atoms with Gasteiger partial charge in [-0.05, 0) is 48.0 Å². The van der Waals surface area contributed by atoms with E-state index >= 15 is 0 Å². The maximum absolute atomic E-state index is 13.4. The molecule has 0 atom stereocenters. The van der Waals surface area contributed by atoms with Crippen molar-refractivity contribution in [2.45, 2.75) is 38.9 Å². The molecule has 0 unspecified atom stereocenters. The Kier molecular flexibility index (Phi) is 6.97. The van der Waals surface area contributed by atoms with E-state index in [1.807, 2.05) is 30.3 Å². The van der Waals surface area contributed by atoms with Crippen LogP contribution in [0.5, 0.6) is 0 Å². The molecule has 0 radical (unpaired) electrons. The maximum Gasteiger partial charge on any atom is 0.250 e. The van der Waals surface area contributed by atoms with E-state index in [1.54, 1.807) is 12.1 Å². The summed E-state index contributed by atoms with van der Waals surface area (Å²) in [6.45, 7) is 6.38. The van der Waals surface area contributed by atoms with Gasteiger partial charge in [-0.1, -0.05) is 51.1 Å². The first-order chi connectivity index (χ1) is 12.1. The molecule has 0 aliphatic carbocycles. The topological polar surface area (TPSA) is 29.5 Å². The molecule has 0 aliphatic heterocycles. The molecule has 0 bridgehead atoms. The third kappa shape index (κ3) is 4.59. The van der Waals surface area contributed by atoms with E-state index < -0.39 is 8.32 Å². The van der Waals surface area contributed by atoms with Gasteiger partial charge in [-0.25, -0.2) is 4.39 Å². The van der Waals surface area contributed by atoms with Crippen molar-refractivity contribution in [1.82, 2.24) is 0 Å². The van der Waals surface area contributed by atoms with Crippen molar-refractivity contribution >= 4 is 19.6 Å². The Hall–Kier alpha value is -1.91. The van der Waals surface area contributed by atoms with Gasteiger partial charge in [0.05, 0.1) is 6.61 Å². The Labute approximate surface area is 151 Å². The summed E-state index contributed by atoms with van der Waals surface area (Å²) >= 11 is 0. The number of rotatable bonds is 8. The number of hydrogen-bond acceptors (Lipinski definition) is 2. The molecule has 2 nitrogen and oxygen atoms in total. The van der Waals surface area contributed by atoms with Gasteiger partial charge in [-0.2, -0.15) is 0 Å². The summed E-state index contributed by atoms with van der Waals surface area (Å²) in [5, 5.41) is 10.1. The van der Waals surface area contributed by atoms with E-state index in [1.165, 1.54) is 12.1 Å². The molecule has 2 aromatic carbocycles. The standard InChI is InChI=1S/C21H27FO2Si/c1-4-25(5-2,6-3)24-21(18-12-14-19(22)15-13-18)20(16-23)17-10-8-7-9-11-17/h7-15,23H,4-6,16H2,1-3H3/b21-20-. The van der Waals surface area contributed by atoms with Crippen LogP contribution in [-0.2, 0) is 4.43 Å². The smallest absolute Gasteiger partial charge is 0.250 e. The number of aliphatic hydroxyl groups excluding tert-OH is 1. The molecule has 2 aromatic rings. The minimum atomic E-state index is -1.95. The van der Waals surface area contributed by atoms with E-state index in [-0.39, 0.29) is 12.4 Å². The van der Waals surface area contributed by atoms with Crippen molar-refractivity contribution in [3.8, 4) is 0 Å². The molecule has 0 aliphatic rings. The quantitative estimate of drug-likeness (QED) is 0.372. The first-order valence-corrected chi connectivity index (χ1v) is 11.5. The van der Waals surface area contributed by atoms with Gasteiger partial charge in [0, 0.05) is 11.1 Å². The summed E-state index contributed by atoms with van der Waals surface area (Å²) in [6, 6.07) is 19.1. The highest BCUT2D eigenvalue weighted by Gasteiger charge is 2.32. The summed E-state index contributed by atoms with van der Waals surface area (Å²) in [6.07, 6.45) is 0. The van der Waals surface area contributed by atoms with Crippen LogP contribution in [0.15, 0.2) is 54.6 Å². The summed E-state index contributed by atoms with van der Waals surface area (Å²) in [5.74, 6) is 0.407. The zero-order chi connectivity index (χ0) is 18.3. The Morgan fingerprint density at radius 3 is 1.92 bits per heavy atom. The minimum Gasteiger partial charge on any atom is -0.543 e. The van der Waals surface area contributed by atoms with Gasteiger partial charge in [-0.15, -0.1) is 0 Å².